The van der Waals surface area contributed by atoms with E-state index in [-0.39, 0.29) is 5.54 Å². The number of ether oxygens (including phenoxy) is 1. The van der Waals surface area contributed by atoms with Gasteiger partial charge in [-0.05, 0) is 33.7 Å². The summed E-state index contributed by atoms with van der Waals surface area (Å²) in [5.41, 5.74) is 5.96. The van der Waals surface area contributed by atoms with E-state index in [1.165, 1.54) is 0 Å². The molecule has 1 unspecified atom stereocenters. The lowest BCUT2D eigenvalue weighted by Crippen LogP contribution is -2.52. The summed E-state index contributed by atoms with van der Waals surface area (Å²) in [6, 6.07) is 0. The van der Waals surface area contributed by atoms with Crippen molar-refractivity contribution in [3.63, 3.8) is 0 Å². The molecule has 0 aliphatic carbocycles. The maximum Gasteiger partial charge on any atom is 0.0597 e. The summed E-state index contributed by atoms with van der Waals surface area (Å²) in [5.74, 6) is 0. The predicted molar refractivity (Wildman–Crippen MR) is 66.1 cm³/mol. The van der Waals surface area contributed by atoms with E-state index < -0.39 is 0 Å². The monoisotopic (exact) mass is 216 g/mol. The van der Waals surface area contributed by atoms with Crippen LogP contribution in [0.4, 0.5) is 0 Å². The maximum atomic E-state index is 5.84. The number of nitrogens with zero attached hydrogens (tertiary/aromatic N) is 1. The third-order valence-corrected chi connectivity index (χ3v) is 3.16. The Morgan fingerprint density at radius 1 is 1.33 bits per heavy atom. The molecule has 0 aliphatic rings. The highest BCUT2D eigenvalue weighted by Gasteiger charge is 2.26. The molecule has 0 aliphatic heterocycles. The summed E-state index contributed by atoms with van der Waals surface area (Å²) < 4.78 is 5.58. The molecule has 0 saturated heterocycles. The summed E-state index contributed by atoms with van der Waals surface area (Å²) in [4.78, 5) is 2.41. The Balaban J connectivity index is 4.10. The fourth-order valence-corrected chi connectivity index (χ4v) is 1.71. The Morgan fingerprint density at radius 2 is 1.93 bits per heavy atom. The highest BCUT2D eigenvalue weighted by Crippen LogP contribution is 2.17. The van der Waals surface area contributed by atoms with Crippen molar-refractivity contribution in [2.24, 2.45) is 5.73 Å². The van der Waals surface area contributed by atoms with Crippen molar-refractivity contribution < 1.29 is 4.74 Å². The van der Waals surface area contributed by atoms with Crippen molar-refractivity contribution in [2.75, 3.05) is 26.2 Å². The van der Waals surface area contributed by atoms with Crippen LogP contribution >= 0.6 is 0 Å². The van der Waals surface area contributed by atoms with Gasteiger partial charge < -0.3 is 10.5 Å². The van der Waals surface area contributed by atoms with E-state index in [9.17, 15) is 0 Å². The fourth-order valence-electron chi connectivity index (χ4n) is 1.71. The lowest BCUT2D eigenvalue weighted by Gasteiger charge is -2.39. The molecule has 15 heavy (non-hydrogen) atoms. The zero-order valence-electron chi connectivity index (χ0n) is 11.0. The van der Waals surface area contributed by atoms with Crippen LogP contribution in [0.15, 0.2) is 0 Å². The minimum Gasteiger partial charge on any atom is -0.377 e. The largest absolute Gasteiger partial charge is 0.377 e. The molecule has 0 saturated carbocycles. The fraction of sp³-hybridized carbons (Fsp3) is 1.00. The molecule has 0 aromatic carbocycles. The van der Waals surface area contributed by atoms with Crippen molar-refractivity contribution in [2.45, 2.75) is 52.7 Å². The zero-order chi connectivity index (χ0) is 11.9. The van der Waals surface area contributed by atoms with E-state index in [4.69, 9.17) is 10.5 Å². The first-order chi connectivity index (χ1) is 7.00. The predicted octanol–water partition coefficient (Wildman–Crippen LogP) is 1.86. The second-order valence-corrected chi connectivity index (χ2v) is 4.55. The molecule has 0 radical (unpaired) electrons. The normalized spacial score (nSPS) is 16.0. The van der Waals surface area contributed by atoms with Crippen LogP contribution in [0, 0.1) is 0 Å². The third kappa shape index (κ3) is 4.96. The van der Waals surface area contributed by atoms with Gasteiger partial charge in [0, 0.05) is 18.6 Å². The first kappa shape index (κ1) is 14.9. The molecule has 0 fully saturated rings. The molecule has 0 spiro atoms. The minimum atomic E-state index is 0.120. The molecule has 0 aromatic rings. The summed E-state index contributed by atoms with van der Waals surface area (Å²) in [7, 11) is 0. The van der Waals surface area contributed by atoms with Crippen LogP contribution in [-0.4, -0.2) is 42.8 Å². The standard InChI is InChI=1S/C12H28N2O/c1-6-12(5,10-13)14(7-2)8-9-15-11(3)4/h11H,6-10,13H2,1-5H3. The Kier molecular flexibility index (Phi) is 7.14. The first-order valence-electron chi connectivity index (χ1n) is 6.06. The first-order valence-corrected chi connectivity index (χ1v) is 6.06. The Morgan fingerprint density at radius 3 is 2.27 bits per heavy atom. The molecule has 0 bridgehead atoms. The molecule has 1 atom stereocenters. The quantitative estimate of drug-likeness (QED) is 0.673. The average molecular weight is 216 g/mol. The van der Waals surface area contributed by atoms with Crippen LogP contribution in [0.3, 0.4) is 0 Å². The average Bonchev–Trinajstić information content (AvgIpc) is 2.23. The molecule has 0 amide bonds. The molecular formula is C12H28N2O. The van der Waals surface area contributed by atoms with E-state index in [2.05, 4.69) is 39.5 Å². The Hall–Kier alpha value is -0.120. The van der Waals surface area contributed by atoms with Gasteiger partial charge in [0.15, 0.2) is 0 Å². The molecule has 2 N–H and O–H groups in total. The second kappa shape index (κ2) is 7.20. The van der Waals surface area contributed by atoms with Gasteiger partial charge in [0.25, 0.3) is 0 Å². The Labute approximate surface area is 95.0 Å². The van der Waals surface area contributed by atoms with E-state index in [0.717, 1.165) is 26.1 Å². The molecule has 3 nitrogen and oxygen atoms in total. The van der Waals surface area contributed by atoms with Crippen molar-refractivity contribution in [3.8, 4) is 0 Å². The summed E-state index contributed by atoms with van der Waals surface area (Å²) in [6.45, 7) is 14.2. The van der Waals surface area contributed by atoms with Crippen molar-refractivity contribution in [3.05, 3.63) is 0 Å². The number of hydrogen-bond donors (Lipinski definition) is 1. The SMILES string of the molecule is CCN(CCOC(C)C)C(C)(CC)CN. The van der Waals surface area contributed by atoms with Gasteiger partial charge in [-0.1, -0.05) is 13.8 Å². The van der Waals surface area contributed by atoms with E-state index in [1.807, 2.05) is 0 Å². The molecule has 0 aromatic heterocycles. The number of likely N-dealkylation sites (N-methyl/N-ethyl adjacent to an activating group) is 1. The van der Waals surface area contributed by atoms with Crippen molar-refractivity contribution in [1.82, 2.24) is 4.90 Å². The molecular weight excluding hydrogens is 188 g/mol. The lowest BCUT2D eigenvalue weighted by atomic mass is 9.96. The molecule has 0 heterocycles. The van der Waals surface area contributed by atoms with Crippen LogP contribution in [0.25, 0.3) is 0 Å². The van der Waals surface area contributed by atoms with E-state index in [0.29, 0.717) is 12.6 Å². The van der Waals surface area contributed by atoms with Crippen LogP contribution < -0.4 is 5.73 Å². The van der Waals surface area contributed by atoms with Crippen LogP contribution in [0.5, 0.6) is 0 Å². The van der Waals surface area contributed by atoms with Gasteiger partial charge in [-0.2, -0.15) is 0 Å². The summed E-state index contributed by atoms with van der Waals surface area (Å²) >= 11 is 0. The Bertz CT molecular complexity index is 156. The smallest absolute Gasteiger partial charge is 0.0597 e. The van der Waals surface area contributed by atoms with E-state index >= 15 is 0 Å². The van der Waals surface area contributed by atoms with Gasteiger partial charge in [0.1, 0.15) is 0 Å². The number of hydrogen-bond acceptors (Lipinski definition) is 3. The number of nitrogens with two attached hydrogens (primary N) is 1. The van der Waals surface area contributed by atoms with Gasteiger partial charge in [-0.25, -0.2) is 0 Å². The molecule has 0 rings (SSSR count). The van der Waals surface area contributed by atoms with Crippen LogP contribution in [0.2, 0.25) is 0 Å². The highest BCUT2D eigenvalue weighted by atomic mass is 16.5. The molecule has 3 heteroatoms. The van der Waals surface area contributed by atoms with Crippen molar-refractivity contribution in [1.29, 1.82) is 0 Å². The maximum absolute atomic E-state index is 5.84. The third-order valence-electron chi connectivity index (χ3n) is 3.16. The molecule has 92 valence electrons. The topological polar surface area (TPSA) is 38.5 Å². The summed E-state index contributed by atoms with van der Waals surface area (Å²) in [6.07, 6.45) is 1.40. The van der Waals surface area contributed by atoms with Crippen LogP contribution in [-0.2, 0) is 4.74 Å². The summed E-state index contributed by atoms with van der Waals surface area (Å²) in [5, 5.41) is 0. The van der Waals surface area contributed by atoms with Gasteiger partial charge in [-0.3, -0.25) is 4.90 Å². The van der Waals surface area contributed by atoms with E-state index in [1.54, 1.807) is 0 Å². The van der Waals surface area contributed by atoms with Crippen LogP contribution in [0.1, 0.15) is 41.0 Å². The second-order valence-electron chi connectivity index (χ2n) is 4.55. The zero-order valence-corrected chi connectivity index (χ0v) is 11.0. The van der Waals surface area contributed by atoms with Gasteiger partial charge in [-0.15, -0.1) is 0 Å². The van der Waals surface area contributed by atoms with Gasteiger partial charge in [0.05, 0.1) is 12.7 Å². The van der Waals surface area contributed by atoms with Crippen molar-refractivity contribution >= 4 is 0 Å². The van der Waals surface area contributed by atoms with Gasteiger partial charge in [0.2, 0.25) is 0 Å². The van der Waals surface area contributed by atoms with Gasteiger partial charge >= 0.3 is 0 Å². The minimum absolute atomic E-state index is 0.120. The highest BCUT2D eigenvalue weighted by molar-refractivity contribution is 4.85. The number of rotatable bonds is 8. The lowest BCUT2D eigenvalue weighted by molar-refractivity contribution is 0.0289.